The Balaban J connectivity index is 1.49. The molecule has 0 aliphatic carbocycles. The van der Waals surface area contributed by atoms with Gasteiger partial charge in [-0.25, -0.2) is 0 Å². The molecule has 2 heterocycles. The normalized spacial score (nSPS) is 10.7. The molecule has 3 aromatic rings. The van der Waals surface area contributed by atoms with Gasteiger partial charge in [0.05, 0.1) is 6.54 Å². The van der Waals surface area contributed by atoms with E-state index >= 15 is 0 Å². The average Bonchev–Trinajstić information content (AvgIpc) is 3.02. The predicted octanol–water partition coefficient (Wildman–Crippen LogP) is 2.46. The third-order valence-corrected chi connectivity index (χ3v) is 3.10. The summed E-state index contributed by atoms with van der Waals surface area (Å²) in [7, 11) is 0. The summed E-state index contributed by atoms with van der Waals surface area (Å²) in [5.74, 6) is 1.16. The van der Waals surface area contributed by atoms with Crippen LogP contribution < -0.4 is 5.32 Å². The molecule has 106 valence electrons. The third kappa shape index (κ3) is 3.73. The van der Waals surface area contributed by atoms with Crippen LogP contribution in [0.25, 0.3) is 11.5 Å². The van der Waals surface area contributed by atoms with Crippen LogP contribution >= 0.6 is 0 Å². The zero-order chi connectivity index (χ0) is 14.3. The highest BCUT2D eigenvalue weighted by molar-refractivity contribution is 5.51. The van der Waals surface area contributed by atoms with Gasteiger partial charge < -0.3 is 9.73 Å². The Hall–Kier alpha value is -2.53. The number of nitrogens with zero attached hydrogens (tertiary/aromatic N) is 3. The minimum absolute atomic E-state index is 0.557. The number of aromatic nitrogens is 3. The van der Waals surface area contributed by atoms with Crippen LogP contribution in [0.1, 0.15) is 11.5 Å². The van der Waals surface area contributed by atoms with Gasteiger partial charge in [-0.15, -0.1) is 10.2 Å². The highest BCUT2D eigenvalue weighted by Gasteiger charge is 2.07. The Morgan fingerprint density at radius 1 is 0.952 bits per heavy atom. The topological polar surface area (TPSA) is 63.8 Å². The van der Waals surface area contributed by atoms with Gasteiger partial charge in [0.2, 0.25) is 11.8 Å². The van der Waals surface area contributed by atoms with Crippen LogP contribution in [0.3, 0.4) is 0 Å². The first kappa shape index (κ1) is 13.5. The molecule has 1 N–H and O–H groups in total. The fraction of sp³-hybridized carbons (Fsp3) is 0.188. The van der Waals surface area contributed by atoms with E-state index in [0.717, 1.165) is 18.5 Å². The molecular formula is C16H16N4O. The molecule has 5 nitrogen and oxygen atoms in total. The fourth-order valence-corrected chi connectivity index (χ4v) is 2.00. The maximum atomic E-state index is 5.63. The Kier molecular flexibility index (Phi) is 4.33. The lowest BCUT2D eigenvalue weighted by molar-refractivity contribution is 0.478. The molecule has 5 heteroatoms. The monoisotopic (exact) mass is 280 g/mol. The molecule has 0 radical (unpaired) electrons. The summed E-state index contributed by atoms with van der Waals surface area (Å²) in [5, 5.41) is 11.4. The summed E-state index contributed by atoms with van der Waals surface area (Å²) in [6.45, 7) is 1.43. The van der Waals surface area contributed by atoms with E-state index in [0.29, 0.717) is 18.3 Å². The van der Waals surface area contributed by atoms with Crippen molar-refractivity contribution in [1.82, 2.24) is 20.5 Å². The van der Waals surface area contributed by atoms with Crippen LogP contribution in [-0.4, -0.2) is 21.7 Å². The first-order chi connectivity index (χ1) is 10.4. The van der Waals surface area contributed by atoms with Crippen molar-refractivity contribution >= 4 is 0 Å². The third-order valence-electron chi connectivity index (χ3n) is 3.10. The van der Waals surface area contributed by atoms with Gasteiger partial charge in [0.15, 0.2) is 0 Å². The van der Waals surface area contributed by atoms with Crippen molar-refractivity contribution in [3.63, 3.8) is 0 Å². The molecule has 0 unspecified atom stereocenters. The van der Waals surface area contributed by atoms with E-state index in [-0.39, 0.29) is 0 Å². The smallest absolute Gasteiger partial charge is 0.247 e. The predicted molar refractivity (Wildman–Crippen MR) is 79.4 cm³/mol. The second-order valence-corrected chi connectivity index (χ2v) is 4.65. The quantitative estimate of drug-likeness (QED) is 0.703. The lowest BCUT2D eigenvalue weighted by Gasteiger charge is -2.01. The number of hydrogen-bond donors (Lipinski definition) is 1. The average molecular weight is 280 g/mol. The standard InChI is InChI=1S/C16H16N4O/c1-2-4-14(5-3-1)16-20-19-15(21-16)12-18-11-8-13-6-9-17-10-7-13/h1-7,9-10,18H,8,11-12H2. The van der Waals surface area contributed by atoms with Crippen molar-refractivity contribution in [2.45, 2.75) is 13.0 Å². The molecule has 0 spiro atoms. The van der Waals surface area contributed by atoms with Gasteiger partial charge in [-0.05, 0) is 42.8 Å². The van der Waals surface area contributed by atoms with Crippen LogP contribution in [0.5, 0.6) is 0 Å². The van der Waals surface area contributed by atoms with Gasteiger partial charge in [-0.2, -0.15) is 0 Å². The molecule has 2 aromatic heterocycles. The van der Waals surface area contributed by atoms with Crippen molar-refractivity contribution in [2.24, 2.45) is 0 Å². The first-order valence-electron chi connectivity index (χ1n) is 6.89. The molecule has 21 heavy (non-hydrogen) atoms. The molecule has 0 atom stereocenters. The minimum Gasteiger partial charge on any atom is -0.419 e. The maximum Gasteiger partial charge on any atom is 0.247 e. The Morgan fingerprint density at radius 3 is 2.57 bits per heavy atom. The molecule has 1 aromatic carbocycles. The van der Waals surface area contributed by atoms with Crippen molar-refractivity contribution in [3.05, 3.63) is 66.3 Å². The molecule has 0 bridgehead atoms. The van der Waals surface area contributed by atoms with Gasteiger partial charge in [0.25, 0.3) is 0 Å². The first-order valence-corrected chi connectivity index (χ1v) is 6.89. The largest absolute Gasteiger partial charge is 0.419 e. The highest BCUT2D eigenvalue weighted by Crippen LogP contribution is 2.16. The lowest BCUT2D eigenvalue weighted by atomic mass is 10.2. The molecule has 0 aliphatic rings. The summed E-state index contributed by atoms with van der Waals surface area (Å²) in [4.78, 5) is 4.00. The number of rotatable bonds is 6. The van der Waals surface area contributed by atoms with Gasteiger partial charge in [0, 0.05) is 18.0 Å². The zero-order valence-electron chi connectivity index (χ0n) is 11.6. The van der Waals surface area contributed by atoms with Crippen LogP contribution in [0.15, 0.2) is 59.3 Å². The van der Waals surface area contributed by atoms with Gasteiger partial charge in [-0.1, -0.05) is 18.2 Å². The highest BCUT2D eigenvalue weighted by atomic mass is 16.4. The van der Waals surface area contributed by atoms with E-state index < -0.39 is 0 Å². The number of benzene rings is 1. The SMILES string of the molecule is c1ccc(-c2nnc(CNCCc3ccncc3)o2)cc1. The van der Waals surface area contributed by atoms with E-state index in [4.69, 9.17) is 4.42 Å². The van der Waals surface area contributed by atoms with Crippen LogP contribution in [0.4, 0.5) is 0 Å². The molecule has 0 amide bonds. The second kappa shape index (κ2) is 6.76. The van der Waals surface area contributed by atoms with Crippen LogP contribution in [0.2, 0.25) is 0 Å². The molecule has 3 rings (SSSR count). The zero-order valence-corrected chi connectivity index (χ0v) is 11.6. The molecular weight excluding hydrogens is 264 g/mol. The fourth-order valence-electron chi connectivity index (χ4n) is 2.00. The summed E-state index contributed by atoms with van der Waals surface area (Å²) < 4.78 is 5.63. The summed E-state index contributed by atoms with van der Waals surface area (Å²) >= 11 is 0. The molecule has 0 fully saturated rings. The molecule has 0 saturated heterocycles. The van der Waals surface area contributed by atoms with Gasteiger partial charge in [0.1, 0.15) is 0 Å². The van der Waals surface area contributed by atoms with E-state index in [1.807, 2.05) is 42.5 Å². The van der Waals surface area contributed by atoms with E-state index in [9.17, 15) is 0 Å². The lowest BCUT2D eigenvalue weighted by Crippen LogP contribution is -2.16. The number of nitrogens with one attached hydrogen (secondary N) is 1. The van der Waals surface area contributed by atoms with Crippen molar-refractivity contribution in [2.75, 3.05) is 6.54 Å². The van der Waals surface area contributed by atoms with Crippen molar-refractivity contribution < 1.29 is 4.42 Å². The number of hydrogen-bond acceptors (Lipinski definition) is 5. The minimum atomic E-state index is 0.557. The molecule has 0 aliphatic heterocycles. The Bertz CT molecular complexity index is 667. The Morgan fingerprint density at radius 2 is 1.76 bits per heavy atom. The summed E-state index contributed by atoms with van der Waals surface area (Å²) in [5.41, 5.74) is 2.20. The van der Waals surface area contributed by atoms with E-state index in [1.54, 1.807) is 12.4 Å². The van der Waals surface area contributed by atoms with E-state index in [1.165, 1.54) is 5.56 Å². The van der Waals surface area contributed by atoms with Crippen LogP contribution in [0, 0.1) is 0 Å². The Labute approximate surface area is 123 Å². The summed E-state index contributed by atoms with van der Waals surface area (Å²) in [6, 6.07) is 13.8. The van der Waals surface area contributed by atoms with Crippen molar-refractivity contribution in [3.8, 4) is 11.5 Å². The molecule has 0 saturated carbocycles. The van der Waals surface area contributed by atoms with Crippen LogP contribution in [-0.2, 0) is 13.0 Å². The summed E-state index contributed by atoms with van der Waals surface area (Å²) in [6.07, 6.45) is 4.56. The second-order valence-electron chi connectivity index (χ2n) is 4.65. The maximum absolute atomic E-state index is 5.63. The van der Waals surface area contributed by atoms with Gasteiger partial charge in [-0.3, -0.25) is 4.98 Å². The van der Waals surface area contributed by atoms with E-state index in [2.05, 4.69) is 20.5 Å². The van der Waals surface area contributed by atoms with Crippen molar-refractivity contribution in [1.29, 1.82) is 0 Å². The van der Waals surface area contributed by atoms with Gasteiger partial charge >= 0.3 is 0 Å². The number of pyridine rings is 1.